The zero-order valence-corrected chi connectivity index (χ0v) is 18.9. The Morgan fingerprint density at radius 1 is 0.824 bits per heavy atom. The van der Waals surface area contributed by atoms with Crippen LogP contribution in [0.15, 0.2) is 113 Å². The normalized spacial score (nSPS) is 11.4. The van der Waals surface area contributed by atoms with Crippen LogP contribution in [-0.2, 0) is 16.4 Å². The van der Waals surface area contributed by atoms with Crippen molar-refractivity contribution in [2.24, 2.45) is 0 Å². The van der Waals surface area contributed by atoms with Crippen LogP contribution in [0.1, 0.15) is 16.1 Å². The molecule has 0 fully saturated rings. The number of nitrogens with zero attached hydrogens (tertiary/aromatic N) is 1. The largest absolute Gasteiger partial charge is 0.350 e. The molecule has 168 valence electrons. The highest BCUT2D eigenvalue weighted by atomic mass is 32.2. The predicted octanol–water partition coefficient (Wildman–Crippen LogP) is 4.99. The van der Waals surface area contributed by atoms with Crippen LogP contribution in [0.25, 0.3) is 22.0 Å². The Hall–Kier alpha value is -4.23. The number of carbonyl (C=O) groups excluding carboxylic acids is 1. The van der Waals surface area contributed by atoms with Gasteiger partial charge < -0.3 is 10.3 Å². The molecule has 3 aromatic carbocycles. The van der Waals surface area contributed by atoms with Crippen molar-refractivity contribution in [1.82, 2.24) is 15.3 Å². The average molecular weight is 468 g/mol. The summed E-state index contributed by atoms with van der Waals surface area (Å²) in [6.45, 7) is 0.274. The molecule has 0 aliphatic carbocycles. The van der Waals surface area contributed by atoms with Gasteiger partial charge in [0.15, 0.2) is 0 Å². The first-order chi connectivity index (χ1) is 16.5. The highest BCUT2D eigenvalue weighted by Crippen LogP contribution is 2.26. The summed E-state index contributed by atoms with van der Waals surface area (Å²) in [5.74, 6) is -0.245. The van der Waals surface area contributed by atoms with Gasteiger partial charge in [0.05, 0.1) is 9.79 Å². The Morgan fingerprint density at radius 3 is 2.35 bits per heavy atom. The fourth-order valence-electron chi connectivity index (χ4n) is 3.77. The van der Waals surface area contributed by atoms with Crippen LogP contribution in [0.4, 0.5) is 0 Å². The molecule has 5 aromatic rings. The fraction of sp³-hybridized carbons (Fsp3) is 0.0370. The van der Waals surface area contributed by atoms with Crippen LogP contribution in [0.2, 0.25) is 0 Å². The summed E-state index contributed by atoms with van der Waals surface area (Å²) in [6, 6.07) is 26.7. The number of benzene rings is 3. The van der Waals surface area contributed by atoms with Crippen molar-refractivity contribution < 1.29 is 13.2 Å². The highest BCUT2D eigenvalue weighted by Gasteiger charge is 2.18. The van der Waals surface area contributed by atoms with Crippen molar-refractivity contribution in [3.8, 4) is 11.1 Å². The van der Waals surface area contributed by atoms with Crippen LogP contribution >= 0.6 is 0 Å². The molecule has 34 heavy (non-hydrogen) atoms. The van der Waals surface area contributed by atoms with E-state index in [1.807, 2.05) is 36.4 Å². The molecule has 0 atom stereocenters. The van der Waals surface area contributed by atoms with Gasteiger partial charge in [-0.25, -0.2) is 8.42 Å². The van der Waals surface area contributed by atoms with Crippen molar-refractivity contribution in [1.29, 1.82) is 0 Å². The molecule has 0 radical (unpaired) electrons. The molecular formula is C27H21N3O3S. The molecule has 0 saturated carbocycles. The topological polar surface area (TPSA) is 91.9 Å². The predicted molar refractivity (Wildman–Crippen MR) is 131 cm³/mol. The smallest absolute Gasteiger partial charge is 0.267 e. The minimum Gasteiger partial charge on any atom is -0.350 e. The van der Waals surface area contributed by atoms with Gasteiger partial charge >= 0.3 is 0 Å². The number of pyridine rings is 1. The molecule has 2 N–H and O–H groups in total. The summed E-state index contributed by atoms with van der Waals surface area (Å²) in [5.41, 5.74) is 3.88. The molecule has 0 aliphatic rings. The Bertz CT molecular complexity index is 1540. The second kappa shape index (κ2) is 8.96. The van der Waals surface area contributed by atoms with E-state index in [2.05, 4.69) is 15.3 Å². The lowest BCUT2D eigenvalue weighted by Gasteiger charge is -2.09. The van der Waals surface area contributed by atoms with Crippen molar-refractivity contribution >= 4 is 26.6 Å². The second-order valence-corrected chi connectivity index (χ2v) is 9.82. The van der Waals surface area contributed by atoms with Gasteiger partial charge in [-0.15, -0.1) is 0 Å². The third-order valence-electron chi connectivity index (χ3n) is 5.60. The number of nitrogens with one attached hydrogen (secondary N) is 2. The molecule has 5 rings (SSSR count). The molecule has 2 heterocycles. The number of amides is 1. The first-order valence-corrected chi connectivity index (χ1v) is 12.2. The Labute approximate surface area is 197 Å². The number of rotatable bonds is 6. The molecule has 7 heteroatoms. The van der Waals surface area contributed by atoms with Gasteiger partial charge in [0.1, 0.15) is 5.69 Å². The van der Waals surface area contributed by atoms with Crippen LogP contribution < -0.4 is 5.32 Å². The van der Waals surface area contributed by atoms with Crippen LogP contribution in [0.3, 0.4) is 0 Å². The summed E-state index contributed by atoms with van der Waals surface area (Å²) < 4.78 is 26.4. The molecule has 0 spiro atoms. The third-order valence-corrected chi connectivity index (χ3v) is 7.37. The molecule has 2 aromatic heterocycles. The molecule has 0 bridgehead atoms. The summed E-state index contributed by atoms with van der Waals surface area (Å²) in [6.07, 6.45) is 3.35. The highest BCUT2D eigenvalue weighted by molar-refractivity contribution is 7.91. The zero-order chi connectivity index (χ0) is 23.5. The number of carbonyl (C=O) groups is 1. The molecule has 0 aliphatic heterocycles. The Balaban J connectivity index is 1.30. The van der Waals surface area contributed by atoms with Gasteiger partial charge in [-0.2, -0.15) is 0 Å². The standard InChI is InChI=1S/C27H21N3O3S/c31-27(26-16-22-18-28-14-13-25(22)30-26)29-17-19-9-11-23(12-10-19)34(32,33)24-8-4-7-21(15-24)20-5-2-1-3-6-20/h1-16,18,30H,17H2,(H,29,31). The number of fused-ring (bicyclic) bond motifs is 1. The maximum Gasteiger partial charge on any atom is 0.267 e. The number of hydrogen-bond donors (Lipinski definition) is 2. The fourth-order valence-corrected chi connectivity index (χ4v) is 5.07. The lowest BCUT2D eigenvalue weighted by Crippen LogP contribution is -2.23. The number of hydrogen-bond acceptors (Lipinski definition) is 4. The molecular weight excluding hydrogens is 446 g/mol. The van der Waals surface area contributed by atoms with Crippen LogP contribution in [-0.4, -0.2) is 24.3 Å². The number of aromatic nitrogens is 2. The van der Waals surface area contributed by atoms with Gasteiger partial charge in [-0.05, 0) is 53.1 Å². The Morgan fingerprint density at radius 2 is 1.59 bits per heavy atom. The van der Waals surface area contributed by atoms with E-state index in [0.29, 0.717) is 5.69 Å². The van der Waals surface area contributed by atoms with Gasteiger partial charge in [0.25, 0.3) is 5.91 Å². The molecule has 6 nitrogen and oxygen atoms in total. The molecule has 0 saturated heterocycles. The van der Waals surface area contributed by atoms with Crippen molar-refractivity contribution in [2.75, 3.05) is 0 Å². The third kappa shape index (κ3) is 4.33. The van der Waals surface area contributed by atoms with Gasteiger partial charge in [-0.1, -0.05) is 54.6 Å². The quantitative estimate of drug-likeness (QED) is 0.368. The van der Waals surface area contributed by atoms with E-state index in [9.17, 15) is 13.2 Å². The van der Waals surface area contributed by atoms with E-state index in [0.717, 1.165) is 27.6 Å². The van der Waals surface area contributed by atoms with E-state index < -0.39 is 9.84 Å². The second-order valence-electron chi connectivity index (χ2n) is 7.87. The molecule has 1 amide bonds. The number of aromatic amines is 1. The van der Waals surface area contributed by atoms with E-state index in [1.165, 1.54) is 0 Å². The van der Waals surface area contributed by atoms with Crippen molar-refractivity contribution in [3.63, 3.8) is 0 Å². The van der Waals surface area contributed by atoms with Crippen molar-refractivity contribution in [3.05, 3.63) is 115 Å². The van der Waals surface area contributed by atoms with Crippen LogP contribution in [0.5, 0.6) is 0 Å². The van der Waals surface area contributed by atoms with Crippen LogP contribution in [0, 0.1) is 0 Å². The SMILES string of the molecule is O=C(NCc1ccc(S(=O)(=O)c2cccc(-c3ccccc3)c2)cc1)c1cc2cnccc2[nH]1. The molecule has 0 unspecified atom stereocenters. The summed E-state index contributed by atoms with van der Waals surface area (Å²) in [7, 11) is -3.67. The number of sulfone groups is 1. The maximum absolute atomic E-state index is 13.2. The zero-order valence-electron chi connectivity index (χ0n) is 18.1. The number of H-pyrrole nitrogens is 1. The minimum atomic E-state index is -3.67. The van der Waals surface area contributed by atoms with Gasteiger partial charge in [0, 0.05) is 29.8 Å². The Kier molecular flexibility index (Phi) is 5.69. The summed E-state index contributed by atoms with van der Waals surface area (Å²) in [4.78, 5) is 20.0. The van der Waals surface area contributed by atoms with Crippen molar-refractivity contribution in [2.45, 2.75) is 16.3 Å². The van der Waals surface area contributed by atoms with Gasteiger partial charge in [0.2, 0.25) is 9.84 Å². The summed E-state index contributed by atoms with van der Waals surface area (Å²) in [5, 5.41) is 3.71. The minimum absolute atomic E-state index is 0.205. The van der Waals surface area contributed by atoms with Gasteiger partial charge in [-0.3, -0.25) is 9.78 Å². The maximum atomic E-state index is 13.2. The lowest BCUT2D eigenvalue weighted by molar-refractivity contribution is 0.0946. The first-order valence-electron chi connectivity index (χ1n) is 10.7. The summed E-state index contributed by atoms with van der Waals surface area (Å²) >= 11 is 0. The van der Waals surface area contributed by atoms with E-state index in [4.69, 9.17) is 0 Å². The monoisotopic (exact) mass is 467 g/mol. The van der Waals surface area contributed by atoms with E-state index in [1.54, 1.807) is 67.0 Å². The average Bonchev–Trinajstić information content (AvgIpc) is 3.33. The van der Waals surface area contributed by atoms with E-state index >= 15 is 0 Å². The first kappa shape index (κ1) is 21.6. The lowest BCUT2D eigenvalue weighted by atomic mass is 10.1. The van der Waals surface area contributed by atoms with E-state index in [-0.39, 0.29) is 22.2 Å².